The van der Waals surface area contributed by atoms with Gasteiger partial charge in [0, 0.05) is 28.8 Å². The number of carbonyl (C=O) groups excluding carboxylic acids is 1. The third-order valence-corrected chi connectivity index (χ3v) is 5.55. The predicted octanol–water partition coefficient (Wildman–Crippen LogP) is 3.26. The maximum atomic E-state index is 12.8. The first kappa shape index (κ1) is 19.8. The van der Waals surface area contributed by atoms with E-state index in [-0.39, 0.29) is 29.8 Å². The van der Waals surface area contributed by atoms with Crippen molar-refractivity contribution in [2.24, 2.45) is 0 Å². The van der Waals surface area contributed by atoms with Crippen molar-refractivity contribution < 1.29 is 19.4 Å². The normalized spacial score (nSPS) is 20.0. The van der Waals surface area contributed by atoms with E-state index in [0.29, 0.717) is 6.61 Å². The highest BCUT2D eigenvalue weighted by Crippen LogP contribution is 2.33. The average molecular weight is 403 g/mol. The molecule has 0 amide bonds. The van der Waals surface area contributed by atoms with E-state index in [1.165, 1.54) is 12.1 Å². The summed E-state index contributed by atoms with van der Waals surface area (Å²) < 4.78 is 5.36. The molecule has 1 unspecified atom stereocenters. The predicted molar refractivity (Wildman–Crippen MR) is 112 cm³/mol. The first-order chi connectivity index (χ1) is 14.6. The highest BCUT2D eigenvalue weighted by molar-refractivity contribution is 5.77. The van der Waals surface area contributed by atoms with Crippen LogP contribution in [0.2, 0.25) is 0 Å². The summed E-state index contributed by atoms with van der Waals surface area (Å²) >= 11 is 0. The third kappa shape index (κ3) is 3.82. The van der Waals surface area contributed by atoms with Gasteiger partial charge in [0.25, 0.3) is 5.69 Å². The zero-order valence-electron chi connectivity index (χ0n) is 16.6. The van der Waals surface area contributed by atoms with Gasteiger partial charge in [-0.05, 0) is 19.1 Å². The van der Waals surface area contributed by atoms with E-state index < -0.39 is 4.92 Å². The smallest absolute Gasteiger partial charge is 0.371 e. The number of rotatable bonds is 7. The molecule has 6 heteroatoms. The van der Waals surface area contributed by atoms with Gasteiger partial charge < -0.3 is 4.74 Å². The Bertz CT molecular complexity index is 983. The minimum Gasteiger partial charge on any atom is -0.461 e. The van der Waals surface area contributed by atoms with Crippen molar-refractivity contribution in [3.05, 3.63) is 112 Å². The van der Waals surface area contributed by atoms with Crippen molar-refractivity contribution in [3.8, 4) is 0 Å². The number of hydrogen-bond acceptors (Lipinski definition) is 4. The maximum Gasteiger partial charge on any atom is 0.371 e. The topological polar surface area (TPSA) is 73.9 Å². The molecule has 1 aliphatic rings. The molecular weight excluding hydrogens is 380 g/mol. The van der Waals surface area contributed by atoms with E-state index in [1.54, 1.807) is 19.1 Å². The van der Waals surface area contributed by atoms with Crippen LogP contribution in [-0.4, -0.2) is 23.5 Å². The number of nitro benzene ring substituents is 1. The number of nitrogens with zero attached hydrogens (tertiary/aromatic N) is 1. The summed E-state index contributed by atoms with van der Waals surface area (Å²) in [6, 6.07) is 26.1. The average Bonchev–Trinajstić information content (AvgIpc) is 3.51. The number of nitro groups is 1. The molecule has 0 spiro atoms. The molecular formula is C24H23N2O4+. The minimum atomic E-state index is -0.416. The first-order valence-corrected chi connectivity index (χ1v) is 9.99. The van der Waals surface area contributed by atoms with Gasteiger partial charge in [-0.15, -0.1) is 0 Å². The number of nitrogens with one attached hydrogen (secondary N) is 1. The second kappa shape index (κ2) is 8.47. The van der Waals surface area contributed by atoms with Crippen molar-refractivity contribution in [2.45, 2.75) is 25.0 Å². The van der Waals surface area contributed by atoms with Gasteiger partial charge in [-0.3, -0.25) is 15.0 Å². The van der Waals surface area contributed by atoms with Crippen LogP contribution >= 0.6 is 0 Å². The van der Waals surface area contributed by atoms with E-state index in [1.807, 2.05) is 36.4 Å². The number of esters is 1. The molecule has 1 aliphatic heterocycles. The lowest BCUT2D eigenvalue weighted by atomic mass is 9.98. The zero-order valence-corrected chi connectivity index (χ0v) is 16.6. The molecule has 4 rings (SSSR count). The number of non-ortho nitro benzene ring substituents is 1. The highest BCUT2D eigenvalue weighted by atomic mass is 16.6. The quantitative estimate of drug-likeness (QED) is 0.284. The molecule has 3 aromatic carbocycles. The maximum absolute atomic E-state index is 12.8. The first-order valence-electron chi connectivity index (χ1n) is 9.99. The van der Waals surface area contributed by atoms with Gasteiger partial charge in [0.15, 0.2) is 6.04 Å². The van der Waals surface area contributed by atoms with Gasteiger partial charge in [-0.1, -0.05) is 60.7 Å². The van der Waals surface area contributed by atoms with Gasteiger partial charge in [0.2, 0.25) is 6.04 Å². The van der Waals surface area contributed by atoms with Crippen LogP contribution in [-0.2, 0) is 9.53 Å². The zero-order chi connectivity index (χ0) is 21.1. The molecule has 1 saturated heterocycles. The summed E-state index contributed by atoms with van der Waals surface area (Å²) in [5.74, 6) is -0.243. The Morgan fingerprint density at radius 1 is 0.967 bits per heavy atom. The molecule has 0 aliphatic carbocycles. The second-order valence-electron chi connectivity index (χ2n) is 7.31. The number of hydrogen-bond donors (Lipinski definition) is 1. The Kier molecular flexibility index (Phi) is 5.59. The van der Waals surface area contributed by atoms with E-state index in [0.717, 1.165) is 21.6 Å². The largest absolute Gasteiger partial charge is 0.461 e. The summed E-state index contributed by atoms with van der Waals surface area (Å²) in [5.41, 5.74) is 3.15. The van der Waals surface area contributed by atoms with Crippen LogP contribution in [0.1, 0.15) is 35.7 Å². The van der Waals surface area contributed by atoms with Gasteiger partial charge >= 0.3 is 5.97 Å². The van der Waals surface area contributed by atoms with E-state index in [2.05, 4.69) is 24.3 Å². The Hall–Kier alpha value is -3.51. The molecule has 1 heterocycles. The van der Waals surface area contributed by atoms with Crippen molar-refractivity contribution in [1.82, 2.24) is 0 Å². The molecule has 0 saturated carbocycles. The molecule has 6 nitrogen and oxygen atoms in total. The fourth-order valence-electron chi connectivity index (χ4n) is 4.20. The van der Waals surface area contributed by atoms with Crippen LogP contribution in [0.15, 0.2) is 84.9 Å². The number of quaternary nitrogens is 1. The Labute approximate surface area is 174 Å². The number of ether oxygens (including phenoxy) is 1. The molecule has 0 aromatic heterocycles. The second-order valence-corrected chi connectivity index (χ2v) is 7.31. The van der Waals surface area contributed by atoms with E-state index in [9.17, 15) is 14.9 Å². The molecule has 0 radical (unpaired) electrons. The summed E-state index contributed by atoms with van der Waals surface area (Å²) in [5, 5.41) is 11.0. The van der Waals surface area contributed by atoms with Crippen molar-refractivity contribution >= 4 is 11.7 Å². The van der Waals surface area contributed by atoms with Crippen LogP contribution in [0.3, 0.4) is 0 Å². The summed E-state index contributed by atoms with van der Waals surface area (Å²) in [4.78, 5) is 24.5. The Balaban J connectivity index is 1.75. The van der Waals surface area contributed by atoms with Crippen LogP contribution < -0.4 is 4.90 Å². The SMILES string of the molecule is CCOC(=O)[C@@H]1[C@H](c2ccc([N+](=O)[O-])cc2)[NH+]1C(c1ccccc1)c1ccccc1. The van der Waals surface area contributed by atoms with Crippen LogP contribution in [0.4, 0.5) is 5.69 Å². The van der Waals surface area contributed by atoms with Crippen molar-refractivity contribution in [2.75, 3.05) is 6.61 Å². The van der Waals surface area contributed by atoms with Gasteiger partial charge in [-0.25, -0.2) is 4.79 Å². The lowest BCUT2D eigenvalue weighted by molar-refractivity contribution is -0.817. The standard InChI is InChI=1S/C24H22N2O4/c1-2-30-24(27)23-22(19-13-15-20(16-14-19)26(28)29)25(23)21(17-9-5-3-6-10-17)18-11-7-4-8-12-18/h3-16,21-23H,2H2,1H3/p+1/t22-,23-,25?/m0/s1. The fraction of sp³-hybridized carbons (Fsp3) is 0.208. The van der Waals surface area contributed by atoms with E-state index in [4.69, 9.17) is 4.74 Å². The van der Waals surface area contributed by atoms with Crippen LogP contribution in [0.5, 0.6) is 0 Å². The Morgan fingerprint density at radius 2 is 1.50 bits per heavy atom. The van der Waals surface area contributed by atoms with E-state index >= 15 is 0 Å². The van der Waals surface area contributed by atoms with Crippen molar-refractivity contribution in [1.29, 1.82) is 0 Å². The Morgan fingerprint density at radius 3 is 1.97 bits per heavy atom. The van der Waals surface area contributed by atoms with Crippen LogP contribution in [0, 0.1) is 10.1 Å². The number of carbonyl (C=O) groups is 1. The van der Waals surface area contributed by atoms with Crippen LogP contribution in [0.25, 0.3) is 0 Å². The molecule has 152 valence electrons. The molecule has 3 aromatic rings. The molecule has 1 N–H and O–H groups in total. The fourth-order valence-corrected chi connectivity index (χ4v) is 4.20. The molecule has 0 bridgehead atoms. The number of benzene rings is 3. The van der Waals surface area contributed by atoms with Gasteiger partial charge in [0.05, 0.1) is 11.5 Å². The monoisotopic (exact) mass is 403 g/mol. The lowest BCUT2D eigenvalue weighted by Gasteiger charge is -2.18. The lowest BCUT2D eigenvalue weighted by Crippen LogP contribution is -2.96. The van der Waals surface area contributed by atoms with Gasteiger partial charge in [-0.2, -0.15) is 0 Å². The third-order valence-electron chi connectivity index (χ3n) is 5.55. The van der Waals surface area contributed by atoms with Gasteiger partial charge in [0.1, 0.15) is 6.04 Å². The summed E-state index contributed by atoms with van der Waals surface area (Å²) in [6.07, 6.45) is 0. The molecule has 1 fully saturated rings. The minimum absolute atomic E-state index is 0.0382. The summed E-state index contributed by atoms with van der Waals surface area (Å²) in [7, 11) is 0. The molecule has 30 heavy (non-hydrogen) atoms. The molecule has 3 atom stereocenters. The highest BCUT2D eigenvalue weighted by Gasteiger charge is 2.64. The van der Waals surface area contributed by atoms with Crippen molar-refractivity contribution in [3.63, 3.8) is 0 Å². The summed E-state index contributed by atoms with van der Waals surface area (Å²) in [6.45, 7) is 2.11.